The highest BCUT2D eigenvalue weighted by molar-refractivity contribution is 5.64. The molecule has 18 heavy (non-hydrogen) atoms. The van der Waals surface area contributed by atoms with E-state index in [0.29, 0.717) is 18.1 Å². The van der Waals surface area contributed by atoms with E-state index in [2.05, 4.69) is 15.3 Å². The number of nitrogens with one attached hydrogen (secondary N) is 1. The summed E-state index contributed by atoms with van der Waals surface area (Å²) in [4.78, 5) is 18.7. The van der Waals surface area contributed by atoms with Gasteiger partial charge < -0.3 is 5.32 Å². The normalized spacial score (nSPS) is 10.1. The number of hydrogen-bond donors (Lipinski definition) is 1. The summed E-state index contributed by atoms with van der Waals surface area (Å²) in [5.74, 6) is 0.499. The molecule has 2 heterocycles. The fraction of sp³-hybridized carbons (Fsp3) is 0.167. The van der Waals surface area contributed by atoms with Gasteiger partial charge in [0.15, 0.2) is 0 Å². The summed E-state index contributed by atoms with van der Waals surface area (Å²) in [6.45, 7) is 2.57. The van der Waals surface area contributed by atoms with Crippen molar-refractivity contribution < 1.29 is 4.92 Å². The van der Waals surface area contributed by atoms with E-state index in [-0.39, 0.29) is 5.69 Å². The van der Waals surface area contributed by atoms with Crippen molar-refractivity contribution in [3.63, 3.8) is 0 Å². The van der Waals surface area contributed by atoms with Crippen LogP contribution in [0.2, 0.25) is 0 Å². The van der Waals surface area contributed by atoms with Crippen LogP contribution in [0.3, 0.4) is 0 Å². The van der Waals surface area contributed by atoms with E-state index >= 15 is 0 Å². The molecular formula is C12H12N4O2. The molecule has 2 aromatic rings. The van der Waals surface area contributed by atoms with Gasteiger partial charge in [-0.05, 0) is 19.1 Å². The quantitative estimate of drug-likeness (QED) is 0.660. The molecule has 0 bridgehead atoms. The van der Waals surface area contributed by atoms with Crippen LogP contribution in [0.25, 0.3) is 11.3 Å². The molecule has 6 nitrogen and oxygen atoms in total. The number of rotatable bonds is 4. The van der Waals surface area contributed by atoms with Crippen molar-refractivity contribution in [1.29, 1.82) is 0 Å². The van der Waals surface area contributed by atoms with Crippen molar-refractivity contribution in [3.05, 3.63) is 46.8 Å². The molecule has 92 valence electrons. The lowest BCUT2D eigenvalue weighted by molar-refractivity contribution is -0.384. The summed E-state index contributed by atoms with van der Waals surface area (Å²) in [7, 11) is 0. The molecule has 0 aliphatic rings. The molecule has 1 N–H and O–H groups in total. The van der Waals surface area contributed by atoms with Gasteiger partial charge >= 0.3 is 0 Å². The number of anilines is 1. The van der Waals surface area contributed by atoms with Gasteiger partial charge in [0.05, 0.1) is 16.7 Å². The maximum Gasteiger partial charge on any atom is 0.275 e. The first-order chi connectivity index (χ1) is 8.70. The minimum atomic E-state index is -0.423. The summed E-state index contributed by atoms with van der Waals surface area (Å²) in [5, 5.41) is 13.9. The highest BCUT2D eigenvalue weighted by Crippen LogP contribution is 2.24. The van der Waals surface area contributed by atoms with E-state index in [1.807, 2.05) is 6.92 Å². The fourth-order valence-electron chi connectivity index (χ4n) is 1.56. The Hall–Kier alpha value is -2.50. The minimum absolute atomic E-state index is 0.0211. The molecule has 0 amide bonds. The third kappa shape index (κ3) is 2.60. The van der Waals surface area contributed by atoms with Crippen LogP contribution >= 0.6 is 0 Å². The first-order valence-electron chi connectivity index (χ1n) is 5.51. The van der Waals surface area contributed by atoms with Gasteiger partial charge in [0.25, 0.3) is 5.69 Å². The van der Waals surface area contributed by atoms with E-state index in [0.717, 1.165) is 5.56 Å². The summed E-state index contributed by atoms with van der Waals surface area (Å²) < 4.78 is 0. The van der Waals surface area contributed by atoms with Gasteiger partial charge in [-0.15, -0.1) is 0 Å². The molecule has 0 aliphatic heterocycles. The molecule has 2 rings (SSSR count). The van der Waals surface area contributed by atoms with Crippen LogP contribution < -0.4 is 5.32 Å². The summed E-state index contributed by atoms with van der Waals surface area (Å²) in [6.07, 6.45) is 3.26. The van der Waals surface area contributed by atoms with Crippen molar-refractivity contribution in [1.82, 2.24) is 9.97 Å². The second-order valence-electron chi connectivity index (χ2n) is 3.62. The fourth-order valence-corrected chi connectivity index (χ4v) is 1.56. The van der Waals surface area contributed by atoms with E-state index < -0.39 is 4.92 Å². The van der Waals surface area contributed by atoms with Crippen molar-refractivity contribution in [2.24, 2.45) is 0 Å². The lowest BCUT2D eigenvalue weighted by atomic mass is 10.1. The smallest absolute Gasteiger partial charge is 0.275 e. The highest BCUT2D eigenvalue weighted by atomic mass is 16.6. The molecule has 2 aromatic heterocycles. The zero-order chi connectivity index (χ0) is 13.0. The predicted molar refractivity (Wildman–Crippen MR) is 68.3 cm³/mol. The first-order valence-corrected chi connectivity index (χ1v) is 5.51. The van der Waals surface area contributed by atoms with Crippen LogP contribution in [0.1, 0.15) is 6.92 Å². The highest BCUT2D eigenvalue weighted by Gasteiger charge is 2.11. The maximum absolute atomic E-state index is 10.9. The largest absolute Gasteiger partial charge is 0.370 e. The molecule has 0 saturated heterocycles. The standard InChI is InChI=1S/C12H12N4O2/c1-2-14-12-8-10(16(17)18)7-11(15-12)9-3-5-13-6-4-9/h3-8H,2H2,1H3,(H,14,15). The lowest BCUT2D eigenvalue weighted by Gasteiger charge is -2.06. The molecule has 0 aromatic carbocycles. The van der Waals surface area contributed by atoms with E-state index in [1.54, 1.807) is 24.5 Å². The summed E-state index contributed by atoms with van der Waals surface area (Å²) in [5.41, 5.74) is 1.38. The number of pyridine rings is 2. The topological polar surface area (TPSA) is 81.0 Å². The van der Waals surface area contributed by atoms with Crippen LogP contribution in [0.15, 0.2) is 36.7 Å². The zero-order valence-electron chi connectivity index (χ0n) is 9.83. The van der Waals surface area contributed by atoms with Crippen LogP contribution in [-0.4, -0.2) is 21.4 Å². The Kier molecular flexibility index (Phi) is 3.47. The molecule has 0 aliphatic carbocycles. The number of aromatic nitrogens is 2. The monoisotopic (exact) mass is 244 g/mol. The molecule has 0 unspecified atom stereocenters. The average molecular weight is 244 g/mol. The van der Waals surface area contributed by atoms with Gasteiger partial charge in [-0.25, -0.2) is 4.98 Å². The second-order valence-corrected chi connectivity index (χ2v) is 3.62. The van der Waals surface area contributed by atoms with Crippen LogP contribution in [-0.2, 0) is 0 Å². The Morgan fingerprint density at radius 1 is 1.33 bits per heavy atom. The number of nitro groups is 1. The van der Waals surface area contributed by atoms with Crippen LogP contribution in [0.5, 0.6) is 0 Å². The third-order valence-electron chi connectivity index (χ3n) is 2.35. The third-order valence-corrected chi connectivity index (χ3v) is 2.35. The van der Waals surface area contributed by atoms with Gasteiger partial charge in [0.1, 0.15) is 5.82 Å². The molecule has 0 saturated carbocycles. The first kappa shape index (κ1) is 12.0. The van der Waals surface area contributed by atoms with Crippen molar-refractivity contribution in [2.45, 2.75) is 6.92 Å². The van der Waals surface area contributed by atoms with Crippen LogP contribution in [0, 0.1) is 10.1 Å². The van der Waals surface area contributed by atoms with Crippen molar-refractivity contribution >= 4 is 11.5 Å². The molecule has 0 radical (unpaired) electrons. The summed E-state index contributed by atoms with van der Waals surface area (Å²) >= 11 is 0. The van der Waals surface area contributed by atoms with Gasteiger partial charge in [0, 0.05) is 30.6 Å². The van der Waals surface area contributed by atoms with Gasteiger partial charge in [-0.3, -0.25) is 15.1 Å². The second kappa shape index (κ2) is 5.22. The molecule has 0 atom stereocenters. The van der Waals surface area contributed by atoms with Crippen LogP contribution in [0.4, 0.5) is 11.5 Å². The van der Waals surface area contributed by atoms with E-state index in [1.165, 1.54) is 12.1 Å². The maximum atomic E-state index is 10.9. The zero-order valence-corrected chi connectivity index (χ0v) is 9.83. The Labute approximate surface area is 104 Å². The Morgan fingerprint density at radius 3 is 2.67 bits per heavy atom. The van der Waals surface area contributed by atoms with Gasteiger partial charge in [0.2, 0.25) is 0 Å². The lowest BCUT2D eigenvalue weighted by Crippen LogP contribution is -2.01. The minimum Gasteiger partial charge on any atom is -0.370 e. The van der Waals surface area contributed by atoms with Crippen molar-refractivity contribution in [3.8, 4) is 11.3 Å². The van der Waals surface area contributed by atoms with Crippen molar-refractivity contribution in [2.75, 3.05) is 11.9 Å². The van der Waals surface area contributed by atoms with Gasteiger partial charge in [-0.1, -0.05) is 0 Å². The number of hydrogen-bond acceptors (Lipinski definition) is 5. The average Bonchev–Trinajstić information content (AvgIpc) is 2.40. The SMILES string of the molecule is CCNc1cc([N+](=O)[O-])cc(-c2ccncc2)n1. The molecule has 0 spiro atoms. The Bertz CT molecular complexity index is 557. The number of nitrogens with zero attached hydrogens (tertiary/aromatic N) is 3. The summed E-state index contributed by atoms with van der Waals surface area (Å²) in [6, 6.07) is 6.41. The van der Waals surface area contributed by atoms with E-state index in [9.17, 15) is 10.1 Å². The molecule has 6 heteroatoms. The molecule has 0 fully saturated rings. The predicted octanol–water partition coefficient (Wildman–Crippen LogP) is 2.48. The Morgan fingerprint density at radius 2 is 2.06 bits per heavy atom. The Balaban J connectivity index is 2.50. The van der Waals surface area contributed by atoms with Gasteiger partial charge in [-0.2, -0.15) is 0 Å². The van der Waals surface area contributed by atoms with E-state index in [4.69, 9.17) is 0 Å². The molecular weight excluding hydrogens is 232 g/mol.